The molecule has 0 saturated heterocycles. The molecule has 3 N–H and O–H groups in total. The van der Waals surface area contributed by atoms with E-state index in [1.54, 1.807) is 19.2 Å². The molecule has 2 heterocycles. The summed E-state index contributed by atoms with van der Waals surface area (Å²) in [5.74, 6) is -0.390. The third kappa shape index (κ3) is 4.03. The van der Waals surface area contributed by atoms with Crippen molar-refractivity contribution in [1.29, 1.82) is 0 Å². The number of rotatable bonds is 6. The van der Waals surface area contributed by atoms with Crippen molar-refractivity contribution in [1.82, 2.24) is 9.97 Å². The van der Waals surface area contributed by atoms with Crippen molar-refractivity contribution in [3.63, 3.8) is 0 Å². The number of para-hydroxylation sites is 1. The van der Waals surface area contributed by atoms with E-state index in [1.165, 1.54) is 18.2 Å². The van der Waals surface area contributed by atoms with Crippen LogP contribution in [0.5, 0.6) is 0 Å². The fourth-order valence-corrected chi connectivity index (χ4v) is 3.71. The molecule has 0 fully saturated rings. The molecular weight excluding hydrogens is 404 g/mol. The number of nitrogens with zero attached hydrogens (tertiary/aromatic N) is 3. The summed E-state index contributed by atoms with van der Waals surface area (Å²) in [6, 6.07) is 13.7. The standard InChI is InChI=1S/C20H16N6O3S/c1-12-18(19(27)24-14-5-4-6-15(9-14)26(28)29)30-20(23-12)25-22-11-13-10-21-17-8-3-2-7-16(13)17/h2-11,21H,1H3,(H,23,25)(H,24,27)/b22-11+. The smallest absolute Gasteiger partial charge is 0.271 e. The van der Waals surface area contributed by atoms with Gasteiger partial charge in [0.05, 0.1) is 16.8 Å². The highest BCUT2D eigenvalue weighted by Gasteiger charge is 2.16. The number of hydrazone groups is 1. The zero-order valence-corrected chi connectivity index (χ0v) is 16.6. The number of anilines is 2. The minimum absolute atomic E-state index is 0.0946. The first-order valence-electron chi connectivity index (χ1n) is 8.89. The van der Waals surface area contributed by atoms with E-state index in [9.17, 15) is 14.9 Å². The predicted octanol–water partition coefficient (Wildman–Crippen LogP) is 4.54. The summed E-state index contributed by atoms with van der Waals surface area (Å²) < 4.78 is 0. The molecule has 30 heavy (non-hydrogen) atoms. The van der Waals surface area contributed by atoms with Gasteiger partial charge in [0, 0.05) is 40.5 Å². The van der Waals surface area contributed by atoms with Crippen LogP contribution in [0.2, 0.25) is 0 Å². The van der Waals surface area contributed by atoms with Gasteiger partial charge in [-0.1, -0.05) is 35.6 Å². The first kappa shape index (κ1) is 19.3. The third-order valence-corrected chi connectivity index (χ3v) is 5.36. The van der Waals surface area contributed by atoms with Crippen LogP contribution in [-0.4, -0.2) is 27.0 Å². The number of amides is 1. The molecule has 0 aliphatic heterocycles. The molecule has 0 aliphatic rings. The molecule has 1 amide bonds. The number of hydrogen-bond acceptors (Lipinski definition) is 7. The van der Waals surface area contributed by atoms with Crippen molar-refractivity contribution in [2.45, 2.75) is 6.92 Å². The summed E-state index contributed by atoms with van der Waals surface area (Å²) in [5, 5.41) is 19.3. The second kappa shape index (κ2) is 8.13. The lowest BCUT2D eigenvalue weighted by Gasteiger charge is -2.03. The first-order chi connectivity index (χ1) is 14.5. The van der Waals surface area contributed by atoms with E-state index in [1.807, 2.05) is 30.5 Å². The summed E-state index contributed by atoms with van der Waals surface area (Å²) in [4.78, 5) is 30.8. The van der Waals surface area contributed by atoms with Gasteiger partial charge in [0.25, 0.3) is 11.6 Å². The number of aromatic amines is 1. The Labute approximate surface area is 174 Å². The normalized spacial score (nSPS) is 11.1. The third-order valence-electron chi connectivity index (χ3n) is 4.30. The molecule has 0 aliphatic carbocycles. The molecule has 9 nitrogen and oxygen atoms in total. The lowest BCUT2D eigenvalue weighted by atomic mass is 10.2. The monoisotopic (exact) mass is 420 g/mol. The highest BCUT2D eigenvalue weighted by molar-refractivity contribution is 7.17. The molecule has 10 heteroatoms. The van der Waals surface area contributed by atoms with Gasteiger partial charge < -0.3 is 10.3 Å². The van der Waals surface area contributed by atoms with Crippen molar-refractivity contribution < 1.29 is 9.72 Å². The number of non-ortho nitro benzene ring substituents is 1. The minimum atomic E-state index is -0.513. The average molecular weight is 420 g/mol. The Balaban J connectivity index is 1.45. The zero-order valence-electron chi connectivity index (χ0n) is 15.7. The van der Waals surface area contributed by atoms with Crippen molar-refractivity contribution in [2.24, 2.45) is 5.10 Å². The van der Waals surface area contributed by atoms with Gasteiger partial charge in [-0.2, -0.15) is 5.10 Å². The average Bonchev–Trinajstić information content (AvgIpc) is 3.32. The lowest BCUT2D eigenvalue weighted by molar-refractivity contribution is -0.384. The van der Waals surface area contributed by atoms with Crippen LogP contribution in [0.25, 0.3) is 10.9 Å². The lowest BCUT2D eigenvalue weighted by Crippen LogP contribution is -2.11. The predicted molar refractivity (Wildman–Crippen MR) is 117 cm³/mol. The van der Waals surface area contributed by atoms with Gasteiger partial charge in [0.2, 0.25) is 5.13 Å². The van der Waals surface area contributed by atoms with Crippen LogP contribution in [0.3, 0.4) is 0 Å². The van der Waals surface area contributed by atoms with Crippen LogP contribution < -0.4 is 10.7 Å². The van der Waals surface area contributed by atoms with Crippen molar-refractivity contribution in [3.8, 4) is 0 Å². The van der Waals surface area contributed by atoms with Crippen molar-refractivity contribution >= 4 is 50.9 Å². The van der Waals surface area contributed by atoms with Gasteiger partial charge in [0.1, 0.15) is 4.88 Å². The van der Waals surface area contributed by atoms with E-state index in [2.05, 4.69) is 25.8 Å². The van der Waals surface area contributed by atoms with Crippen LogP contribution in [0.1, 0.15) is 20.9 Å². The maximum Gasteiger partial charge on any atom is 0.271 e. The second-order valence-corrected chi connectivity index (χ2v) is 7.35. The molecular formula is C20H16N6O3S. The molecule has 4 rings (SSSR count). The fraction of sp³-hybridized carbons (Fsp3) is 0.0500. The molecule has 0 atom stereocenters. The number of aryl methyl sites for hydroxylation is 1. The summed E-state index contributed by atoms with van der Waals surface area (Å²) in [6.45, 7) is 1.72. The highest BCUT2D eigenvalue weighted by Crippen LogP contribution is 2.25. The highest BCUT2D eigenvalue weighted by atomic mass is 32.1. The van der Waals surface area contributed by atoms with E-state index < -0.39 is 4.92 Å². The molecule has 2 aromatic carbocycles. The van der Waals surface area contributed by atoms with Gasteiger partial charge >= 0.3 is 0 Å². The van der Waals surface area contributed by atoms with E-state index in [-0.39, 0.29) is 11.6 Å². The molecule has 0 saturated carbocycles. The largest absolute Gasteiger partial charge is 0.361 e. The Hall–Kier alpha value is -4.05. The number of thiazole rings is 1. The second-order valence-electron chi connectivity index (χ2n) is 6.35. The molecule has 0 spiro atoms. The molecule has 4 aromatic rings. The number of carbonyl (C=O) groups is 1. The van der Waals surface area contributed by atoms with E-state index in [0.29, 0.717) is 21.4 Å². The molecule has 2 aromatic heterocycles. The Morgan fingerprint density at radius 3 is 2.93 bits per heavy atom. The minimum Gasteiger partial charge on any atom is -0.361 e. The van der Waals surface area contributed by atoms with Crippen LogP contribution in [0.15, 0.2) is 59.8 Å². The Bertz CT molecular complexity index is 1280. The van der Waals surface area contributed by atoms with Gasteiger partial charge in [0.15, 0.2) is 0 Å². The zero-order chi connectivity index (χ0) is 21.1. The quantitative estimate of drug-likeness (QED) is 0.240. The summed E-state index contributed by atoms with van der Waals surface area (Å²) in [6.07, 6.45) is 3.54. The number of nitro benzene ring substituents is 1. The topological polar surface area (TPSA) is 125 Å². The summed E-state index contributed by atoms with van der Waals surface area (Å²) in [7, 11) is 0. The van der Waals surface area contributed by atoms with E-state index >= 15 is 0 Å². The number of carbonyl (C=O) groups excluding carboxylic acids is 1. The first-order valence-corrected chi connectivity index (χ1v) is 9.71. The SMILES string of the molecule is Cc1nc(N/N=C/c2c[nH]c3ccccc23)sc1C(=O)Nc1cccc([N+](=O)[O-])c1. The Kier molecular flexibility index (Phi) is 5.22. The molecule has 0 unspecified atom stereocenters. The molecule has 0 bridgehead atoms. The Morgan fingerprint density at radius 2 is 2.10 bits per heavy atom. The number of benzene rings is 2. The maximum absolute atomic E-state index is 12.6. The molecule has 0 radical (unpaired) electrons. The van der Waals surface area contributed by atoms with E-state index in [4.69, 9.17) is 0 Å². The van der Waals surface area contributed by atoms with Gasteiger partial charge in [-0.25, -0.2) is 4.98 Å². The van der Waals surface area contributed by atoms with E-state index in [0.717, 1.165) is 27.8 Å². The number of fused-ring (bicyclic) bond motifs is 1. The summed E-state index contributed by atoms with van der Waals surface area (Å²) in [5.41, 5.74) is 5.57. The van der Waals surface area contributed by atoms with Crippen molar-refractivity contribution in [2.75, 3.05) is 10.7 Å². The number of nitro groups is 1. The maximum atomic E-state index is 12.6. The van der Waals surface area contributed by atoms with Crippen LogP contribution >= 0.6 is 11.3 Å². The van der Waals surface area contributed by atoms with Gasteiger partial charge in [-0.15, -0.1) is 0 Å². The van der Waals surface area contributed by atoms with Crippen LogP contribution in [0, 0.1) is 17.0 Å². The van der Waals surface area contributed by atoms with Crippen LogP contribution in [0.4, 0.5) is 16.5 Å². The van der Waals surface area contributed by atoms with Crippen LogP contribution in [-0.2, 0) is 0 Å². The number of nitrogens with one attached hydrogen (secondary N) is 3. The Morgan fingerprint density at radius 1 is 1.27 bits per heavy atom. The summed E-state index contributed by atoms with van der Waals surface area (Å²) >= 11 is 1.15. The number of hydrogen-bond donors (Lipinski definition) is 3. The number of H-pyrrole nitrogens is 1. The van der Waals surface area contributed by atoms with Gasteiger partial charge in [-0.3, -0.25) is 20.3 Å². The van der Waals surface area contributed by atoms with Crippen molar-refractivity contribution in [3.05, 3.63) is 81.0 Å². The number of aromatic nitrogens is 2. The molecule has 150 valence electrons. The van der Waals surface area contributed by atoms with Gasteiger partial charge in [-0.05, 0) is 19.1 Å². The fourth-order valence-electron chi connectivity index (χ4n) is 2.90.